The Morgan fingerprint density at radius 3 is 2.36 bits per heavy atom. The Morgan fingerprint density at radius 2 is 1.86 bits per heavy atom. The molecule has 0 fully saturated rings. The predicted octanol–water partition coefficient (Wildman–Crippen LogP) is 1.24. The first-order chi connectivity index (χ1) is 6.24. The van der Waals surface area contributed by atoms with Crippen molar-refractivity contribution >= 4 is 18.4 Å². The molecule has 14 heavy (non-hydrogen) atoms. The fourth-order valence-corrected chi connectivity index (χ4v) is 1.29. The summed E-state index contributed by atoms with van der Waals surface area (Å²) >= 11 is 0. The van der Waals surface area contributed by atoms with Gasteiger partial charge < -0.3 is 10.8 Å². The van der Waals surface area contributed by atoms with Crippen LogP contribution in [0.4, 0.5) is 0 Å². The number of carboxylic acids is 1. The third kappa shape index (κ3) is 3.77. The molecule has 0 radical (unpaired) electrons. The summed E-state index contributed by atoms with van der Waals surface area (Å²) < 4.78 is 0. The molecule has 0 aliphatic rings. The average Bonchev–Trinajstić information content (AvgIpc) is 2.08. The van der Waals surface area contributed by atoms with E-state index < -0.39 is 5.97 Å². The second-order valence-electron chi connectivity index (χ2n) is 2.88. The number of rotatable bonds is 4. The number of nitrogens with two attached hydrogens (primary N) is 1. The molecule has 0 aliphatic heterocycles. The Morgan fingerprint density at radius 1 is 1.29 bits per heavy atom. The van der Waals surface area contributed by atoms with Crippen molar-refractivity contribution in [1.29, 1.82) is 0 Å². The van der Waals surface area contributed by atoms with Crippen LogP contribution < -0.4 is 5.73 Å². The minimum atomic E-state index is -0.801. The van der Waals surface area contributed by atoms with E-state index in [0.717, 1.165) is 17.5 Å². The molecule has 3 nitrogen and oxygen atoms in total. The summed E-state index contributed by atoms with van der Waals surface area (Å²) in [6.45, 7) is 0.552. The van der Waals surface area contributed by atoms with E-state index >= 15 is 0 Å². The van der Waals surface area contributed by atoms with Gasteiger partial charge in [-0.2, -0.15) is 0 Å². The zero-order valence-electron chi connectivity index (χ0n) is 7.77. The highest BCUT2D eigenvalue weighted by Crippen LogP contribution is 2.09. The van der Waals surface area contributed by atoms with Gasteiger partial charge in [-0.3, -0.25) is 4.79 Å². The molecule has 0 aliphatic carbocycles. The van der Waals surface area contributed by atoms with Crippen LogP contribution in [-0.2, 0) is 17.6 Å². The third-order valence-corrected chi connectivity index (χ3v) is 1.87. The van der Waals surface area contributed by atoms with Crippen LogP contribution >= 0.6 is 12.4 Å². The van der Waals surface area contributed by atoms with Crippen LogP contribution in [0, 0.1) is 0 Å². The molecule has 0 aromatic heterocycles. The van der Waals surface area contributed by atoms with Crippen LogP contribution in [-0.4, -0.2) is 17.6 Å². The lowest BCUT2D eigenvalue weighted by molar-refractivity contribution is -0.136. The third-order valence-electron chi connectivity index (χ3n) is 1.87. The van der Waals surface area contributed by atoms with Crippen LogP contribution in [0.2, 0.25) is 0 Å². The molecule has 1 aromatic rings. The molecule has 4 heteroatoms. The van der Waals surface area contributed by atoms with Gasteiger partial charge in [0.25, 0.3) is 0 Å². The largest absolute Gasteiger partial charge is 0.481 e. The van der Waals surface area contributed by atoms with E-state index in [9.17, 15) is 4.79 Å². The van der Waals surface area contributed by atoms with E-state index in [1.165, 1.54) is 0 Å². The first kappa shape index (κ1) is 12.9. The van der Waals surface area contributed by atoms with Gasteiger partial charge in [-0.1, -0.05) is 24.3 Å². The quantitative estimate of drug-likeness (QED) is 0.794. The van der Waals surface area contributed by atoms with Crippen LogP contribution in [0.25, 0.3) is 0 Å². The summed E-state index contributed by atoms with van der Waals surface area (Å²) in [5.74, 6) is -0.801. The first-order valence-electron chi connectivity index (χ1n) is 4.22. The minimum Gasteiger partial charge on any atom is -0.481 e. The van der Waals surface area contributed by atoms with Gasteiger partial charge in [0, 0.05) is 0 Å². The van der Waals surface area contributed by atoms with E-state index in [0.29, 0.717) is 6.54 Å². The second kappa shape index (κ2) is 6.40. The van der Waals surface area contributed by atoms with Crippen LogP contribution in [0.15, 0.2) is 24.3 Å². The molecular weight excluding hydrogens is 202 g/mol. The Bertz CT molecular complexity index is 302. The molecule has 0 amide bonds. The van der Waals surface area contributed by atoms with Gasteiger partial charge in [0.15, 0.2) is 0 Å². The molecule has 0 saturated heterocycles. The van der Waals surface area contributed by atoms with Crippen molar-refractivity contribution in [2.45, 2.75) is 12.8 Å². The van der Waals surface area contributed by atoms with E-state index in [1.807, 2.05) is 24.3 Å². The van der Waals surface area contributed by atoms with Gasteiger partial charge in [-0.25, -0.2) is 0 Å². The maximum Gasteiger partial charge on any atom is 0.307 e. The summed E-state index contributed by atoms with van der Waals surface area (Å²) in [6, 6.07) is 7.50. The minimum absolute atomic E-state index is 0. The molecule has 0 bridgehead atoms. The maximum atomic E-state index is 10.5. The molecule has 0 spiro atoms. The van der Waals surface area contributed by atoms with Crippen LogP contribution in [0.5, 0.6) is 0 Å². The highest BCUT2D eigenvalue weighted by molar-refractivity contribution is 5.85. The molecular formula is C10H14ClNO2. The van der Waals surface area contributed by atoms with Crippen molar-refractivity contribution in [2.24, 2.45) is 5.73 Å². The van der Waals surface area contributed by atoms with Crippen LogP contribution in [0.3, 0.4) is 0 Å². The molecule has 1 rings (SSSR count). The smallest absolute Gasteiger partial charge is 0.307 e. The molecule has 1 aromatic carbocycles. The number of aliphatic carboxylic acids is 1. The van der Waals surface area contributed by atoms with Crippen molar-refractivity contribution in [3.8, 4) is 0 Å². The zero-order valence-corrected chi connectivity index (χ0v) is 8.59. The van der Waals surface area contributed by atoms with Crippen molar-refractivity contribution in [1.82, 2.24) is 0 Å². The molecule has 0 saturated carbocycles. The summed E-state index contributed by atoms with van der Waals surface area (Å²) in [5.41, 5.74) is 7.31. The monoisotopic (exact) mass is 215 g/mol. The first-order valence-corrected chi connectivity index (χ1v) is 4.22. The highest BCUT2D eigenvalue weighted by atomic mass is 35.5. The molecule has 0 unspecified atom stereocenters. The Balaban J connectivity index is 0.00000169. The summed E-state index contributed by atoms with van der Waals surface area (Å²) in [7, 11) is 0. The summed E-state index contributed by atoms with van der Waals surface area (Å²) in [6.07, 6.45) is 0.819. The van der Waals surface area contributed by atoms with Crippen LogP contribution in [0.1, 0.15) is 11.1 Å². The number of carboxylic acid groups (broad SMARTS) is 1. The van der Waals surface area contributed by atoms with Gasteiger partial charge in [-0.15, -0.1) is 12.4 Å². The lowest BCUT2D eigenvalue weighted by atomic mass is 10.0. The molecule has 78 valence electrons. The average molecular weight is 216 g/mol. The van der Waals surface area contributed by atoms with Crippen molar-refractivity contribution < 1.29 is 9.90 Å². The maximum absolute atomic E-state index is 10.5. The SMILES string of the molecule is Cl.NCCc1ccccc1CC(=O)O. The predicted molar refractivity (Wildman–Crippen MR) is 57.8 cm³/mol. The second-order valence-corrected chi connectivity index (χ2v) is 2.88. The van der Waals surface area contributed by atoms with E-state index in [2.05, 4.69) is 0 Å². The molecule has 0 atom stereocenters. The van der Waals surface area contributed by atoms with Gasteiger partial charge in [0.2, 0.25) is 0 Å². The van der Waals surface area contributed by atoms with Crippen molar-refractivity contribution in [3.63, 3.8) is 0 Å². The number of hydrogen-bond acceptors (Lipinski definition) is 2. The molecule has 0 heterocycles. The van der Waals surface area contributed by atoms with E-state index in [-0.39, 0.29) is 18.8 Å². The highest BCUT2D eigenvalue weighted by Gasteiger charge is 2.04. The van der Waals surface area contributed by atoms with Gasteiger partial charge in [-0.05, 0) is 24.1 Å². The van der Waals surface area contributed by atoms with Crippen molar-refractivity contribution in [3.05, 3.63) is 35.4 Å². The lowest BCUT2D eigenvalue weighted by Crippen LogP contribution is -2.08. The van der Waals surface area contributed by atoms with Gasteiger partial charge >= 0.3 is 5.97 Å². The van der Waals surface area contributed by atoms with Gasteiger partial charge in [0.1, 0.15) is 0 Å². The number of hydrogen-bond donors (Lipinski definition) is 2. The summed E-state index contributed by atoms with van der Waals surface area (Å²) in [5, 5.41) is 8.63. The summed E-state index contributed by atoms with van der Waals surface area (Å²) in [4.78, 5) is 10.5. The fourth-order valence-electron chi connectivity index (χ4n) is 1.29. The lowest BCUT2D eigenvalue weighted by Gasteiger charge is -2.05. The topological polar surface area (TPSA) is 63.3 Å². The van der Waals surface area contributed by atoms with E-state index in [1.54, 1.807) is 0 Å². The standard InChI is InChI=1S/C10H13NO2.ClH/c11-6-5-8-3-1-2-4-9(8)7-10(12)13;/h1-4H,5-7,11H2,(H,12,13);1H. The number of benzene rings is 1. The van der Waals surface area contributed by atoms with E-state index in [4.69, 9.17) is 10.8 Å². The zero-order chi connectivity index (χ0) is 9.68. The molecule has 3 N–H and O–H groups in total. The number of carbonyl (C=O) groups is 1. The number of halogens is 1. The fraction of sp³-hybridized carbons (Fsp3) is 0.300. The normalized spacial score (nSPS) is 9.21. The Labute approximate surface area is 89.3 Å². The Kier molecular flexibility index (Phi) is 5.92. The van der Waals surface area contributed by atoms with Crippen molar-refractivity contribution in [2.75, 3.05) is 6.54 Å². The Hall–Kier alpha value is -1.06. The van der Waals surface area contributed by atoms with Gasteiger partial charge in [0.05, 0.1) is 6.42 Å².